The third-order valence-corrected chi connectivity index (χ3v) is 4.43. The van der Waals surface area contributed by atoms with E-state index in [9.17, 15) is 4.79 Å². The Hall–Kier alpha value is -1.47. The molecule has 1 aromatic rings. The summed E-state index contributed by atoms with van der Waals surface area (Å²) in [6, 6.07) is 7.28. The first-order valence-corrected chi connectivity index (χ1v) is 9.09. The zero-order valence-corrected chi connectivity index (χ0v) is 16.1. The average Bonchev–Trinajstić information content (AvgIpc) is 3.06. The summed E-state index contributed by atoms with van der Waals surface area (Å²) in [4.78, 5) is 12.0. The molecule has 2 aliphatic rings. The second-order valence-electron chi connectivity index (χ2n) is 7.95. The van der Waals surface area contributed by atoms with Crippen LogP contribution < -0.4 is 0 Å². The third-order valence-electron chi connectivity index (χ3n) is 4.43. The molecule has 26 heavy (non-hydrogen) atoms. The van der Waals surface area contributed by atoms with E-state index in [1.54, 1.807) is 6.07 Å². The van der Waals surface area contributed by atoms with Gasteiger partial charge in [0.1, 0.15) is 6.10 Å². The topological polar surface area (TPSA) is 63.2 Å². The van der Waals surface area contributed by atoms with Crippen LogP contribution in [-0.4, -0.2) is 42.8 Å². The zero-order valence-electron chi connectivity index (χ0n) is 16.1. The number of esters is 1. The summed E-state index contributed by atoms with van der Waals surface area (Å²) in [5.41, 5.74) is 0.691. The van der Waals surface area contributed by atoms with E-state index in [0.29, 0.717) is 25.2 Å². The number of ether oxygens (including phenoxy) is 5. The highest BCUT2D eigenvalue weighted by Gasteiger charge is 2.44. The highest BCUT2D eigenvalue weighted by Crippen LogP contribution is 2.39. The number of rotatable bonds is 7. The Morgan fingerprint density at radius 1 is 1.31 bits per heavy atom. The van der Waals surface area contributed by atoms with Crippen molar-refractivity contribution in [1.82, 2.24) is 0 Å². The minimum absolute atomic E-state index is 0.0942. The van der Waals surface area contributed by atoms with Gasteiger partial charge in [-0.3, -0.25) is 0 Å². The first kappa shape index (κ1) is 19.3. The largest absolute Gasteiger partial charge is 0.428 e. The Bertz CT molecular complexity index is 655. The van der Waals surface area contributed by atoms with Gasteiger partial charge < -0.3 is 23.7 Å². The number of carbonyl (C=O) groups excluding carboxylic acids is 1. The Morgan fingerprint density at radius 3 is 2.77 bits per heavy atom. The quantitative estimate of drug-likeness (QED) is 0.689. The summed E-state index contributed by atoms with van der Waals surface area (Å²) in [6.07, 6.45) is -0.154. The number of fused-ring (bicyclic) bond motifs is 1. The minimum Gasteiger partial charge on any atom is -0.428 e. The molecule has 0 bridgehead atoms. The molecule has 144 valence electrons. The third kappa shape index (κ3) is 4.43. The predicted octanol–water partition coefficient (Wildman–Crippen LogP) is 3.60. The fourth-order valence-electron chi connectivity index (χ4n) is 3.47. The Kier molecular flexibility index (Phi) is 5.40. The molecule has 0 spiro atoms. The van der Waals surface area contributed by atoms with Crippen LogP contribution in [0.5, 0.6) is 0 Å². The molecule has 0 N–H and O–H groups in total. The van der Waals surface area contributed by atoms with Gasteiger partial charge in [-0.25, -0.2) is 4.79 Å². The van der Waals surface area contributed by atoms with Gasteiger partial charge in [0.05, 0.1) is 30.5 Å². The number of cyclic esters (lactones) is 1. The van der Waals surface area contributed by atoms with Crippen LogP contribution in [0.25, 0.3) is 0 Å². The van der Waals surface area contributed by atoms with E-state index in [2.05, 4.69) is 0 Å². The molecule has 1 fully saturated rings. The summed E-state index contributed by atoms with van der Waals surface area (Å²) < 4.78 is 29.1. The molecule has 3 rings (SSSR count). The van der Waals surface area contributed by atoms with Crippen molar-refractivity contribution >= 4 is 5.97 Å². The van der Waals surface area contributed by atoms with Crippen LogP contribution in [-0.2, 0) is 23.7 Å². The van der Waals surface area contributed by atoms with Gasteiger partial charge in [-0.1, -0.05) is 18.2 Å². The van der Waals surface area contributed by atoms with Gasteiger partial charge in [0, 0.05) is 12.0 Å². The van der Waals surface area contributed by atoms with Crippen LogP contribution in [0.4, 0.5) is 0 Å². The van der Waals surface area contributed by atoms with Crippen LogP contribution in [0.1, 0.15) is 63.3 Å². The molecule has 0 radical (unpaired) electrons. The SMILES string of the molecule is CC(C)OCC1COC(C)(CC(C)(C)OC2OC(=O)c3ccccc32)O1. The van der Waals surface area contributed by atoms with E-state index >= 15 is 0 Å². The summed E-state index contributed by atoms with van der Waals surface area (Å²) in [6.45, 7) is 10.8. The van der Waals surface area contributed by atoms with Crippen molar-refractivity contribution in [3.05, 3.63) is 35.4 Å². The van der Waals surface area contributed by atoms with Crippen molar-refractivity contribution in [1.29, 1.82) is 0 Å². The van der Waals surface area contributed by atoms with Gasteiger partial charge in [-0.15, -0.1) is 0 Å². The van der Waals surface area contributed by atoms with Crippen LogP contribution in [0.2, 0.25) is 0 Å². The number of hydrogen-bond acceptors (Lipinski definition) is 6. The molecule has 6 nitrogen and oxygen atoms in total. The normalized spacial score (nSPS) is 28.5. The van der Waals surface area contributed by atoms with Gasteiger partial charge in [-0.05, 0) is 40.7 Å². The fourth-order valence-corrected chi connectivity index (χ4v) is 3.47. The maximum absolute atomic E-state index is 12.0. The smallest absolute Gasteiger partial charge is 0.341 e. The van der Waals surface area contributed by atoms with Gasteiger partial charge in [0.15, 0.2) is 5.79 Å². The summed E-state index contributed by atoms with van der Waals surface area (Å²) in [5.74, 6) is -1.12. The van der Waals surface area contributed by atoms with E-state index in [1.165, 1.54) is 0 Å². The maximum Gasteiger partial charge on any atom is 0.341 e. The lowest BCUT2D eigenvalue weighted by Gasteiger charge is -2.35. The van der Waals surface area contributed by atoms with E-state index < -0.39 is 17.7 Å². The monoisotopic (exact) mass is 364 g/mol. The zero-order chi connectivity index (χ0) is 18.9. The van der Waals surface area contributed by atoms with Crippen molar-refractivity contribution in [2.75, 3.05) is 13.2 Å². The molecule has 3 unspecified atom stereocenters. The molecule has 2 heterocycles. The van der Waals surface area contributed by atoms with E-state index in [0.717, 1.165) is 5.56 Å². The predicted molar refractivity (Wildman–Crippen MR) is 94.7 cm³/mol. The van der Waals surface area contributed by atoms with E-state index in [4.69, 9.17) is 23.7 Å². The second-order valence-corrected chi connectivity index (χ2v) is 7.95. The molecular formula is C20H28O6. The highest BCUT2D eigenvalue weighted by atomic mass is 16.8. The molecular weight excluding hydrogens is 336 g/mol. The summed E-state index contributed by atoms with van der Waals surface area (Å²) in [7, 11) is 0. The standard InChI is InChI=1S/C20H28O6/c1-13(2)22-10-14-11-23-20(5,25-14)12-19(3,4)26-18-16-9-7-6-8-15(16)17(21)24-18/h6-9,13-14,18H,10-12H2,1-5H3. The number of hydrogen-bond donors (Lipinski definition) is 0. The Labute approximate surface area is 154 Å². The van der Waals surface area contributed by atoms with Crippen LogP contribution >= 0.6 is 0 Å². The first-order valence-electron chi connectivity index (χ1n) is 9.09. The van der Waals surface area contributed by atoms with Crippen LogP contribution in [0, 0.1) is 0 Å². The van der Waals surface area contributed by atoms with Gasteiger partial charge in [0.2, 0.25) is 6.29 Å². The second kappa shape index (κ2) is 7.27. The molecule has 0 amide bonds. The summed E-state index contributed by atoms with van der Waals surface area (Å²) >= 11 is 0. The molecule has 3 atom stereocenters. The molecule has 1 saturated heterocycles. The minimum atomic E-state index is -0.767. The molecule has 0 aliphatic carbocycles. The van der Waals surface area contributed by atoms with Crippen LogP contribution in [0.3, 0.4) is 0 Å². The molecule has 6 heteroatoms. The fraction of sp³-hybridized carbons (Fsp3) is 0.650. The lowest BCUT2D eigenvalue weighted by Crippen LogP contribution is -2.39. The van der Waals surface area contributed by atoms with Crippen molar-refractivity contribution in [2.45, 2.75) is 70.9 Å². The van der Waals surface area contributed by atoms with Crippen molar-refractivity contribution in [3.8, 4) is 0 Å². The van der Waals surface area contributed by atoms with Gasteiger partial charge >= 0.3 is 5.97 Å². The number of benzene rings is 1. The van der Waals surface area contributed by atoms with Gasteiger partial charge in [-0.2, -0.15) is 0 Å². The van der Waals surface area contributed by atoms with Gasteiger partial charge in [0.25, 0.3) is 0 Å². The highest BCUT2D eigenvalue weighted by molar-refractivity contribution is 5.93. The Morgan fingerprint density at radius 2 is 2.04 bits per heavy atom. The molecule has 2 aliphatic heterocycles. The first-order chi connectivity index (χ1) is 12.2. The lowest BCUT2D eigenvalue weighted by molar-refractivity contribution is -0.231. The molecule has 0 saturated carbocycles. The maximum atomic E-state index is 12.0. The lowest BCUT2D eigenvalue weighted by atomic mass is 9.98. The van der Waals surface area contributed by atoms with E-state index in [-0.39, 0.29) is 18.2 Å². The number of carbonyl (C=O) groups is 1. The molecule has 0 aromatic heterocycles. The van der Waals surface area contributed by atoms with Crippen molar-refractivity contribution in [3.63, 3.8) is 0 Å². The van der Waals surface area contributed by atoms with E-state index in [1.807, 2.05) is 52.8 Å². The van der Waals surface area contributed by atoms with Crippen LogP contribution in [0.15, 0.2) is 24.3 Å². The Balaban J connectivity index is 1.60. The molecule has 1 aromatic carbocycles. The summed E-state index contributed by atoms with van der Waals surface area (Å²) in [5, 5.41) is 0. The average molecular weight is 364 g/mol. The van der Waals surface area contributed by atoms with Crippen molar-refractivity contribution in [2.24, 2.45) is 0 Å². The van der Waals surface area contributed by atoms with Crippen molar-refractivity contribution < 1.29 is 28.5 Å².